The molecule has 1 aliphatic rings. The third-order valence-electron chi connectivity index (χ3n) is 7.18. The molecule has 212 valence electrons. The van der Waals surface area contributed by atoms with Gasteiger partial charge in [0.15, 0.2) is 0 Å². The van der Waals surface area contributed by atoms with E-state index in [4.69, 9.17) is 39.5 Å². The van der Waals surface area contributed by atoms with Crippen LogP contribution in [-0.4, -0.2) is 35.4 Å². The van der Waals surface area contributed by atoms with Gasteiger partial charge in [0.1, 0.15) is 11.8 Å². The van der Waals surface area contributed by atoms with Crippen LogP contribution in [0.25, 0.3) is 0 Å². The van der Waals surface area contributed by atoms with Crippen molar-refractivity contribution >= 4 is 46.6 Å². The first kappa shape index (κ1) is 30.2. The van der Waals surface area contributed by atoms with E-state index in [-0.39, 0.29) is 30.8 Å². The van der Waals surface area contributed by atoms with Crippen molar-refractivity contribution in [1.29, 1.82) is 0 Å². The molecule has 2 amide bonds. The summed E-state index contributed by atoms with van der Waals surface area (Å²) in [5.74, 6) is 0.449. The van der Waals surface area contributed by atoms with Crippen molar-refractivity contribution in [1.82, 2.24) is 10.2 Å². The fourth-order valence-corrected chi connectivity index (χ4v) is 5.47. The standard InChI is InChI=1S/C32H35Cl3N2O3/c33-25-14-16-27(17-15-25)40-19-7-12-31(38)37(22-24-13-18-28(34)29(35)20-24)30(21-23-8-3-1-4-9-23)32(39)36-26-10-5-2-6-11-26/h1,3-4,8-9,13-18,20,26,30H,2,5-7,10-12,19,21-22H2,(H,36,39)/t30-/m1/s1. The van der Waals surface area contributed by atoms with Gasteiger partial charge in [0.25, 0.3) is 0 Å². The Kier molecular flexibility index (Phi) is 11.6. The van der Waals surface area contributed by atoms with Crippen LogP contribution >= 0.6 is 34.8 Å². The average Bonchev–Trinajstić information content (AvgIpc) is 2.96. The number of halogens is 3. The molecule has 8 heteroatoms. The van der Waals surface area contributed by atoms with Crippen molar-refractivity contribution in [3.63, 3.8) is 0 Å². The van der Waals surface area contributed by atoms with Gasteiger partial charge < -0.3 is 15.0 Å². The summed E-state index contributed by atoms with van der Waals surface area (Å²) in [5, 5.41) is 4.75. The van der Waals surface area contributed by atoms with E-state index >= 15 is 0 Å². The van der Waals surface area contributed by atoms with Crippen LogP contribution in [0.1, 0.15) is 56.1 Å². The fourth-order valence-electron chi connectivity index (χ4n) is 5.02. The van der Waals surface area contributed by atoms with Crippen LogP contribution in [-0.2, 0) is 22.6 Å². The molecule has 0 radical (unpaired) electrons. The maximum Gasteiger partial charge on any atom is 0.243 e. The van der Waals surface area contributed by atoms with Crippen molar-refractivity contribution in [2.45, 2.75) is 70.0 Å². The molecular formula is C32H35Cl3N2O3. The van der Waals surface area contributed by atoms with Gasteiger partial charge in [-0.25, -0.2) is 0 Å². The molecule has 1 N–H and O–H groups in total. The zero-order chi connectivity index (χ0) is 28.3. The number of hydrogen-bond donors (Lipinski definition) is 1. The predicted octanol–water partition coefficient (Wildman–Crippen LogP) is 7.89. The summed E-state index contributed by atoms with van der Waals surface area (Å²) in [7, 11) is 0. The molecule has 0 unspecified atom stereocenters. The van der Waals surface area contributed by atoms with E-state index in [0.717, 1.165) is 36.8 Å². The Balaban J connectivity index is 1.53. The lowest BCUT2D eigenvalue weighted by Gasteiger charge is -2.33. The van der Waals surface area contributed by atoms with Gasteiger partial charge in [-0.1, -0.05) is 90.5 Å². The molecule has 3 aromatic rings. The van der Waals surface area contributed by atoms with Crippen molar-refractivity contribution in [3.05, 3.63) is 99.0 Å². The number of benzene rings is 3. The molecule has 0 spiro atoms. The first-order chi connectivity index (χ1) is 19.4. The van der Waals surface area contributed by atoms with E-state index in [1.165, 1.54) is 6.42 Å². The smallest absolute Gasteiger partial charge is 0.243 e. The third-order valence-corrected chi connectivity index (χ3v) is 8.17. The highest BCUT2D eigenvalue weighted by molar-refractivity contribution is 6.42. The molecule has 40 heavy (non-hydrogen) atoms. The number of nitrogens with zero attached hydrogens (tertiary/aromatic N) is 1. The maximum absolute atomic E-state index is 13.8. The minimum atomic E-state index is -0.677. The summed E-state index contributed by atoms with van der Waals surface area (Å²) < 4.78 is 5.80. The highest BCUT2D eigenvalue weighted by Crippen LogP contribution is 2.25. The van der Waals surface area contributed by atoms with Gasteiger partial charge in [-0.2, -0.15) is 0 Å². The number of rotatable bonds is 12. The zero-order valence-corrected chi connectivity index (χ0v) is 24.7. The van der Waals surface area contributed by atoms with Crippen molar-refractivity contribution in [2.75, 3.05) is 6.61 Å². The van der Waals surface area contributed by atoms with E-state index in [1.54, 1.807) is 41.3 Å². The van der Waals surface area contributed by atoms with Crippen LogP contribution in [0.15, 0.2) is 72.8 Å². The van der Waals surface area contributed by atoms with Crippen molar-refractivity contribution in [3.8, 4) is 5.75 Å². The highest BCUT2D eigenvalue weighted by atomic mass is 35.5. The second kappa shape index (κ2) is 15.3. The van der Waals surface area contributed by atoms with E-state index in [1.807, 2.05) is 36.4 Å². The minimum absolute atomic E-state index is 0.120. The van der Waals surface area contributed by atoms with Gasteiger partial charge >= 0.3 is 0 Å². The monoisotopic (exact) mass is 600 g/mol. The normalized spacial score (nSPS) is 14.4. The number of nitrogens with one attached hydrogen (secondary N) is 1. The van der Waals surface area contributed by atoms with Gasteiger partial charge in [0, 0.05) is 30.5 Å². The number of hydrogen-bond acceptors (Lipinski definition) is 3. The Hall–Kier alpha value is -2.73. The van der Waals surface area contributed by atoms with Gasteiger partial charge in [-0.3, -0.25) is 9.59 Å². The van der Waals surface area contributed by atoms with Crippen LogP contribution in [0.4, 0.5) is 0 Å². The molecule has 0 bridgehead atoms. The molecule has 1 aliphatic carbocycles. The quantitative estimate of drug-likeness (QED) is 0.215. The Morgan fingerprint density at radius 3 is 2.30 bits per heavy atom. The number of carbonyl (C=O) groups is 2. The molecule has 5 nitrogen and oxygen atoms in total. The summed E-state index contributed by atoms with van der Waals surface area (Å²) in [6.07, 6.45) is 6.48. The first-order valence-electron chi connectivity index (χ1n) is 13.8. The first-order valence-corrected chi connectivity index (χ1v) is 15.0. The number of amides is 2. The Morgan fingerprint density at radius 1 is 0.875 bits per heavy atom. The lowest BCUT2D eigenvalue weighted by molar-refractivity contribution is -0.141. The van der Waals surface area contributed by atoms with E-state index in [0.29, 0.717) is 40.3 Å². The summed E-state index contributed by atoms with van der Waals surface area (Å²) in [6, 6.07) is 21.7. The van der Waals surface area contributed by atoms with Gasteiger partial charge in [-0.15, -0.1) is 0 Å². The van der Waals surface area contributed by atoms with Crippen LogP contribution in [0, 0.1) is 0 Å². The molecule has 0 heterocycles. The second-order valence-corrected chi connectivity index (χ2v) is 11.5. The molecule has 1 fully saturated rings. The highest BCUT2D eigenvalue weighted by Gasteiger charge is 2.31. The summed E-state index contributed by atoms with van der Waals surface area (Å²) in [4.78, 5) is 29.3. The SMILES string of the molecule is O=C(NC1CCCCC1)[C@@H](Cc1ccccc1)N(Cc1ccc(Cl)c(Cl)c1)C(=O)CCCOc1ccc(Cl)cc1. The van der Waals surface area contributed by atoms with Crippen LogP contribution < -0.4 is 10.1 Å². The van der Waals surface area contributed by atoms with E-state index < -0.39 is 6.04 Å². The Morgan fingerprint density at radius 2 is 1.60 bits per heavy atom. The van der Waals surface area contributed by atoms with Gasteiger partial charge in [0.05, 0.1) is 16.7 Å². The molecule has 4 rings (SSSR count). The van der Waals surface area contributed by atoms with E-state index in [2.05, 4.69) is 5.32 Å². The maximum atomic E-state index is 13.8. The summed E-state index contributed by atoms with van der Waals surface area (Å²) in [6.45, 7) is 0.606. The summed E-state index contributed by atoms with van der Waals surface area (Å²) >= 11 is 18.4. The number of ether oxygens (including phenoxy) is 1. The van der Waals surface area contributed by atoms with Crippen LogP contribution in [0.5, 0.6) is 5.75 Å². The van der Waals surface area contributed by atoms with Crippen LogP contribution in [0.3, 0.4) is 0 Å². The molecule has 1 atom stereocenters. The zero-order valence-electron chi connectivity index (χ0n) is 22.5. The predicted molar refractivity (Wildman–Crippen MR) is 162 cm³/mol. The van der Waals surface area contributed by atoms with Crippen molar-refractivity contribution < 1.29 is 14.3 Å². The van der Waals surface area contributed by atoms with Crippen LogP contribution in [0.2, 0.25) is 15.1 Å². The Bertz CT molecular complexity index is 1250. The summed E-state index contributed by atoms with van der Waals surface area (Å²) in [5.41, 5.74) is 1.80. The lowest BCUT2D eigenvalue weighted by atomic mass is 9.94. The largest absolute Gasteiger partial charge is 0.494 e. The third kappa shape index (κ3) is 9.15. The van der Waals surface area contributed by atoms with Gasteiger partial charge in [0.2, 0.25) is 11.8 Å². The minimum Gasteiger partial charge on any atom is -0.494 e. The van der Waals surface area contributed by atoms with E-state index in [9.17, 15) is 9.59 Å². The molecule has 1 saturated carbocycles. The molecule has 0 aromatic heterocycles. The molecule has 0 saturated heterocycles. The topological polar surface area (TPSA) is 58.6 Å². The average molecular weight is 602 g/mol. The molecule has 3 aromatic carbocycles. The molecule has 0 aliphatic heterocycles. The second-order valence-electron chi connectivity index (χ2n) is 10.2. The fraction of sp³-hybridized carbons (Fsp3) is 0.375. The van der Waals surface area contributed by atoms with Crippen molar-refractivity contribution in [2.24, 2.45) is 0 Å². The lowest BCUT2D eigenvalue weighted by Crippen LogP contribution is -2.52. The number of carbonyl (C=O) groups excluding carboxylic acids is 2. The Labute approximate surface area is 251 Å². The van der Waals surface area contributed by atoms with Gasteiger partial charge in [-0.05, 0) is 66.8 Å². The molecular weight excluding hydrogens is 567 g/mol.